The van der Waals surface area contributed by atoms with Crippen LogP contribution in [-0.4, -0.2) is 41.9 Å². The summed E-state index contributed by atoms with van der Waals surface area (Å²) in [6.45, 7) is 2.02. The van der Waals surface area contributed by atoms with Crippen LogP contribution >= 0.6 is 23.2 Å². The van der Waals surface area contributed by atoms with E-state index in [1.807, 2.05) is 0 Å². The minimum Gasteiger partial charge on any atom is -0.408 e. The molecule has 1 aromatic heterocycles. The Bertz CT molecular complexity index is 923. The van der Waals surface area contributed by atoms with Gasteiger partial charge in [0.25, 0.3) is 0 Å². The number of halogens is 2. The van der Waals surface area contributed by atoms with E-state index in [1.54, 1.807) is 6.92 Å². The van der Waals surface area contributed by atoms with E-state index in [0.717, 1.165) is 0 Å². The first-order valence-corrected chi connectivity index (χ1v) is 10.0. The van der Waals surface area contributed by atoms with E-state index in [4.69, 9.17) is 27.6 Å². The summed E-state index contributed by atoms with van der Waals surface area (Å²) in [5, 5.41) is 10.1. The summed E-state index contributed by atoms with van der Waals surface area (Å²) in [5.41, 5.74) is 0. The predicted octanol–water partition coefficient (Wildman–Crippen LogP) is 2.72. The van der Waals surface area contributed by atoms with Crippen LogP contribution in [0.2, 0.25) is 10.0 Å². The van der Waals surface area contributed by atoms with Crippen molar-refractivity contribution in [1.29, 1.82) is 0 Å². The third-order valence-electron chi connectivity index (χ3n) is 4.11. The normalized spacial score (nSPS) is 16.6. The molecule has 1 saturated heterocycles. The van der Waals surface area contributed by atoms with Gasteiger partial charge in [-0.25, -0.2) is 8.42 Å². The number of hydrogen-bond donors (Lipinski definition) is 1. The average Bonchev–Trinajstić information content (AvgIpc) is 3.02. The van der Waals surface area contributed by atoms with E-state index in [1.165, 1.54) is 22.5 Å². The fraction of sp³-hybridized carbons (Fsp3) is 0.400. The summed E-state index contributed by atoms with van der Waals surface area (Å²) in [4.78, 5) is 12.2. The van der Waals surface area contributed by atoms with Crippen molar-refractivity contribution >= 4 is 45.1 Å². The van der Waals surface area contributed by atoms with Gasteiger partial charge < -0.3 is 4.42 Å². The van der Waals surface area contributed by atoms with E-state index < -0.39 is 10.0 Å². The number of nitrogens with zero attached hydrogens (tertiary/aromatic N) is 3. The zero-order chi connectivity index (χ0) is 18.9. The first-order valence-electron chi connectivity index (χ1n) is 7.84. The van der Waals surface area contributed by atoms with Crippen LogP contribution in [0.4, 0.5) is 6.01 Å². The number of amides is 1. The molecule has 26 heavy (non-hydrogen) atoms. The first kappa shape index (κ1) is 19.1. The van der Waals surface area contributed by atoms with Crippen LogP contribution in [-0.2, 0) is 14.8 Å². The van der Waals surface area contributed by atoms with Crippen LogP contribution in [0.3, 0.4) is 0 Å². The lowest BCUT2D eigenvalue weighted by Crippen LogP contribution is -2.41. The Labute approximate surface area is 160 Å². The van der Waals surface area contributed by atoms with Gasteiger partial charge in [-0.2, -0.15) is 4.31 Å². The lowest BCUT2D eigenvalue weighted by molar-refractivity contribution is -0.121. The van der Waals surface area contributed by atoms with Crippen LogP contribution in [0, 0.1) is 12.8 Å². The van der Waals surface area contributed by atoms with Crippen molar-refractivity contribution in [3.8, 4) is 0 Å². The molecule has 2 aromatic rings. The molecule has 2 heterocycles. The zero-order valence-corrected chi connectivity index (χ0v) is 16.1. The van der Waals surface area contributed by atoms with E-state index in [2.05, 4.69) is 15.5 Å². The van der Waals surface area contributed by atoms with Crippen LogP contribution in [0.1, 0.15) is 18.7 Å². The number of carbonyl (C=O) groups excluding carboxylic acids is 1. The van der Waals surface area contributed by atoms with Gasteiger partial charge in [0.15, 0.2) is 0 Å². The molecule has 0 aliphatic carbocycles. The molecule has 11 heteroatoms. The molecule has 1 N–H and O–H groups in total. The molecule has 1 aliphatic heterocycles. The summed E-state index contributed by atoms with van der Waals surface area (Å²) in [7, 11) is -3.78. The summed E-state index contributed by atoms with van der Waals surface area (Å²) in [5.74, 6) is -0.269. The Morgan fingerprint density at radius 2 is 1.96 bits per heavy atom. The highest BCUT2D eigenvalue weighted by atomic mass is 35.5. The number of hydrogen-bond acceptors (Lipinski definition) is 6. The van der Waals surface area contributed by atoms with E-state index >= 15 is 0 Å². The predicted molar refractivity (Wildman–Crippen MR) is 95.6 cm³/mol. The highest BCUT2D eigenvalue weighted by Gasteiger charge is 2.33. The minimum absolute atomic E-state index is 0.000738. The maximum Gasteiger partial charge on any atom is 0.322 e. The van der Waals surface area contributed by atoms with Crippen molar-refractivity contribution in [3.63, 3.8) is 0 Å². The van der Waals surface area contributed by atoms with Gasteiger partial charge >= 0.3 is 6.01 Å². The topological polar surface area (TPSA) is 105 Å². The Morgan fingerprint density at radius 1 is 1.27 bits per heavy atom. The van der Waals surface area contributed by atoms with Crippen LogP contribution in [0.25, 0.3) is 0 Å². The highest BCUT2D eigenvalue weighted by Crippen LogP contribution is 2.32. The lowest BCUT2D eigenvalue weighted by Gasteiger charge is -2.30. The maximum atomic E-state index is 12.8. The second kappa shape index (κ2) is 7.51. The van der Waals surface area contributed by atoms with Crippen molar-refractivity contribution < 1.29 is 17.6 Å². The molecule has 0 atom stereocenters. The van der Waals surface area contributed by atoms with Crippen LogP contribution in [0.5, 0.6) is 0 Å². The Balaban J connectivity index is 1.66. The van der Waals surface area contributed by atoms with Crippen molar-refractivity contribution in [2.45, 2.75) is 24.7 Å². The fourth-order valence-corrected chi connectivity index (χ4v) is 4.94. The second-order valence-electron chi connectivity index (χ2n) is 5.85. The van der Waals surface area contributed by atoms with Gasteiger partial charge in [-0.05, 0) is 25.0 Å². The van der Waals surface area contributed by atoms with Gasteiger partial charge in [0.2, 0.25) is 21.8 Å². The molecule has 0 unspecified atom stereocenters. The first-order chi connectivity index (χ1) is 12.3. The number of aryl methyl sites for hydroxylation is 1. The molecule has 1 amide bonds. The summed E-state index contributed by atoms with van der Waals surface area (Å²) in [6.07, 6.45) is 0.743. The van der Waals surface area contributed by atoms with Crippen LogP contribution in [0.15, 0.2) is 27.5 Å². The summed E-state index contributed by atoms with van der Waals surface area (Å²) < 4.78 is 32.0. The molecular weight excluding hydrogens is 403 g/mol. The molecule has 1 aliphatic rings. The Kier molecular flexibility index (Phi) is 5.52. The quantitative estimate of drug-likeness (QED) is 0.817. The smallest absolute Gasteiger partial charge is 0.322 e. The summed E-state index contributed by atoms with van der Waals surface area (Å²) in [6, 6.07) is 4.51. The monoisotopic (exact) mass is 418 g/mol. The fourth-order valence-electron chi connectivity index (χ4n) is 2.74. The van der Waals surface area contributed by atoms with Crippen molar-refractivity contribution in [1.82, 2.24) is 14.5 Å². The van der Waals surface area contributed by atoms with Gasteiger partial charge in [-0.3, -0.25) is 10.1 Å². The molecule has 1 aromatic carbocycles. The number of sulfonamides is 1. The van der Waals surface area contributed by atoms with Gasteiger partial charge in [0, 0.05) is 25.9 Å². The standard InChI is InChI=1S/C15H16Cl2N4O4S/c1-9-19-20-15(25-9)18-14(22)10-5-7-21(8-6-10)26(23,24)12-4-2-3-11(16)13(12)17/h2-4,10H,5-8H2,1H3,(H,18,20,22). The molecule has 1 fully saturated rings. The van der Waals surface area contributed by atoms with E-state index in [0.29, 0.717) is 18.7 Å². The van der Waals surface area contributed by atoms with Crippen molar-refractivity contribution in [3.05, 3.63) is 34.1 Å². The molecule has 8 nitrogen and oxygen atoms in total. The third-order valence-corrected chi connectivity index (χ3v) is 6.99. The molecule has 0 spiro atoms. The molecular formula is C15H16Cl2N4O4S. The van der Waals surface area contributed by atoms with Gasteiger partial charge in [-0.15, -0.1) is 5.10 Å². The SMILES string of the molecule is Cc1nnc(NC(=O)C2CCN(S(=O)(=O)c3cccc(Cl)c3Cl)CC2)o1. The molecule has 140 valence electrons. The van der Waals surface area contributed by atoms with Gasteiger partial charge in [0.05, 0.1) is 10.0 Å². The number of piperidine rings is 1. The Morgan fingerprint density at radius 3 is 2.58 bits per heavy atom. The number of rotatable bonds is 4. The van der Waals surface area contributed by atoms with E-state index in [-0.39, 0.29) is 45.9 Å². The molecule has 0 saturated carbocycles. The maximum absolute atomic E-state index is 12.8. The number of nitrogens with one attached hydrogen (secondary N) is 1. The van der Waals surface area contributed by atoms with Crippen molar-refractivity contribution in [2.75, 3.05) is 18.4 Å². The number of anilines is 1. The van der Waals surface area contributed by atoms with Gasteiger partial charge in [0.1, 0.15) is 4.90 Å². The largest absolute Gasteiger partial charge is 0.408 e. The molecule has 0 radical (unpaired) electrons. The Hall–Kier alpha value is -1.68. The average molecular weight is 419 g/mol. The van der Waals surface area contributed by atoms with E-state index in [9.17, 15) is 13.2 Å². The minimum atomic E-state index is -3.78. The third kappa shape index (κ3) is 3.85. The highest BCUT2D eigenvalue weighted by molar-refractivity contribution is 7.89. The van der Waals surface area contributed by atoms with Crippen molar-refractivity contribution in [2.24, 2.45) is 5.92 Å². The lowest BCUT2D eigenvalue weighted by atomic mass is 9.97. The molecule has 3 rings (SSSR count). The zero-order valence-electron chi connectivity index (χ0n) is 13.8. The second-order valence-corrected chi connectivity index (χ2v) is 8.54. The summed E-state index contributed by atoms with van der Waals surface area (Å²) >= 11 is 12.0. The van der Waals surface area contributed by atoms with Gasteiger partial charge in [-0.1, -0.05) is 34.4 Å². The van der Waals surface area contributed by atoms with Crippen LogP contribution < -0.4 is 5.32 Å². The molecule has 0 bridgehead atoms. The number of carbonyl (C=O) groups is 1. The number of aromatic nitrogens is 2. The number of benzene rings is 1.